The third-order valence-electron chi connectivity index (χ3n) is 5.78. The van der Waals surface area contributed by atoms with Crippen LogP contribution in [0.15, 0.2) is 18.2 Å². The van der Waals surface area contributed by atoms with Crippen LogP contribution in [0, 0.1) is 5.92 Å². The van der Waals surface area contributed by atoms with Crippen LogP contribution in [-0.4, -0.2) is 30.6 Å². The van der Waals surface area contributed by atoms with Crippen molar-refractivity contribution in [2.45, 2.75) is 57.5 Å². The van der Waals surface area contributed by atoms with Gasteiger partial charge >= 0.3 is 0 Å². The number of likely N-dealkylation sites (tertiary alicyclic amines) is 1. The number of nitrogens with zero attached hydrogens (tertiary/aromatic N) is 1. The van der Waals surface area contributed by atoms with Crippen molar-refractivity contribution >= 4 is 0 Å². The summed E-state index contributed by atoms with van der Waals surface area (Å²) >= 11 is 0. The van der Waals surface area contributed by atoms with Crippen LogP contribution in [-0.2, 0) is 19.4 Å². The van der Waals surface area contributed by atoms with Crippen molar-refractivity contribution in [2.24, 2.45) is 5.92 Å². The van der Waals surface area contributed by atoms with Gasteiger partial charge in [-0.25, -0.2) is 0 Å². The molecule has 2 unspecified atom stereocenters. The van der Waals surface area contributed by atoms with Gasteiger partial charge in [-0.1, -0.05) is 18.2 Å². The first-order chi connectivity index (χ1) is 10.4. The molecule has 1 aliphatic carbocycles. The summed E-state index contributed by atoms with van der Waals surface area (Å²) in [7, 11) is 0. The second kappa shape index (κ2) is 6.10. The fraction of sp³-hybridized carbons (Fsp3) is 0.684. The van der Waals surface area contributed by atoms with Crippen LogP contribution in [0.5, 0.6) is 0 Å². The predicted molar refractivity (Wildman–Crippen MR) is 87.5 cm³/mol. The third-order valence-corrected chi connectivity index (χ3v) is 5.78. The van der Waals surface area contributed by atoms with E-state index in [0.29, 0.717) is 0 Å². The maximum atomic E-state index is 3.72. The van der Waals surface area contributed by atoms with E-state index in [9.17, 15) is 0 Å². The Hall–Kier alpha value is -0.860. The second-order valence-corrected chi connectivity index (χ2v) is 7.30. The molecule has 1 aromatic carbocycles. The fourth-order valence-electron chi connectivity index (χ4n) is 4.66. The summed E-state index contributed by atoms with van der Waals surface area (Å²) < 4.78 is 0. The lowest BCUT2D eigenvalue weighted by Crippen LogP contribution is -2.43. The second-order valence-electron chi connectivity index (χ2n) is 7.30. The minimum atomic E-state index is 0.799. The SMILES string of the molecule is c1cc2c(cc1CN1CCCC(C3CCCN3)C1)CCC2. The average Bonchev–Trinajstić information content (AvgIpc) is 3.18. The van der Waals surface area contributed by atoms with Crippen molar-refractivity contribution in [3.63, 3.8) is 0 Å². The molecule has 3 aliphatic rings. The van der Waals surface area contributed by atoms with E-state index >= 15 is 0 Å². The van der Waals surface area contributed by atoms with Crippen LogP contribution in [0.3, 0.4) is 0 Å². The number of aryl methyl sites for hydroxylation is 2. The van der Waals surface area contributed by atoms with E-state index in [2.05, 4.69) is 28.4 Å². The first kappa shape index (κ1) is 13.8. The van der Waals surface area contributed by atoms with E-state index in [-0.39, 0.29) is 0 Å². The number of fused-ring (bicyclic) bond motifs is 1. The van der Waals surface area contributed by atoms with E-state index in [1.54, 1.807) is 11.1 Å². The highest BCUT2D eigenvalue weighted by atomic mass is 15.1. The first-order valence-corrected chi connectivity index (χ1v) is 8.95. The Morgan fingerprint density at radius 3 is 2.90 bits per heavy atom. The molecule has 0 radical (unpaired) electrons. The molecular weight excluding hydrogens is 256 g/mol. The largest absolute Gasteiger partial charge is 0.314 e. The van der Waals surface area contributed by atoms with Crippen molar-refractivity contribution in [2.75, 3.05) is 19.6 Å². The van der Waals surface area contributed by atoms with Crippen LogP contribution >= 0.6 is 0 Å². The number of rotatable bonds is 3. The molecule has 0 aromatic heterocycles. The number of nitrogens with one attached hydrogen (secondary N) is 1. The molecule has 114 valence electrons. The molecule has 0 saturated carbocycles. The lowest BCUT2D eigenvalue weighted by molar-refractivity contribution is 0.145. The van der Waals surface area contributed by atoms with Crippen molar-refractivity contribution in [3.05, 3.63) is 34.9 Å². The summed E-state index contributed by atoms with van der Waals surface area (Å²) in [4.78, 5) is 2.70. The molecule has 2 fully saturated rings. The topological polar surface area (TPSA) is 15.3 Å². The Morgan fingerprint density at radius 2 is 2.00 bits per heavy atom. The molecular formula is C19H28N2. The van der Waals surface area contributed by atoms with Crippen molar-refractivity contribution in [3.8, 4) is 0 Å². The molecule has 2 nitrogen and oxygen atoms in total. The van der Waals surface area contributed by atoms with Gasteiger partial charge in [0.2, 0.25) is 0 Å². The number of hydrogen-bond acceptors (Lipinski definition) is 2. The zero-order chi connectivity index (χ0) is 14.1. The standard InChI is InChI=1S/C19H28N2/c1-4-16-9-8-15(12-17(16)5-1)13-21-11-3-6-18(14-21)19-7-2-10-20-19/h8-9,12,18-20H,1-7,10-11,13-14H2. The summed E-state index contributed by atoms with van der Waals surface area (Å²) in [6.07, 6.45) is 9.56. The molecule has 2 saturated heterocycles. The van der Waals surface area contributed by atoms with Gasteiger partial charge in [-0.3, -0.25) is 4.90 Å². The Morgan fingerprint density at radius 1 is 1.05 bits per heavy atom. The van der Waals surface area contributed by atoms with E-state index in [1.807, 2.05) is 0 Å². The van der Waals surface area contributed by atoms with E-state index < -0.39 is 0 Å². The van der Waals surface area contributed by atoms with Gasteiger partial charge in [0, 0.05) is 19.1 Å². The van der Waals surface area contributed by atoms with Gasteiger partial charge in [0.05, 0.1) is 0 Å². The molecule has 2 atom stereocenters. The number of piperidine rings is 1. The summed E-state index contributed by atoms with van der Waals surface area (Å²) in [5, 5.41) is 3.72. The van der Waals surface area contributed by atoms with Crippen LogP contribution in [0.4, 0.5) is 0 Å². The van der Waals surface area contributed by atoms with E-state index in [4.69, 9.17) is 0 Å². The summed E-state index contributed by atoms with van der Waals surface area (Å²) in [6, 6.07) is 8.05. The Labute approximate surface area is 128 Å². The molecule has 0 bridgehead atoms. The van der Waals surface area contributed by atoms with Gasteiger partial charge in [-0.2, -0.15) is 0 Å². The first-order valence-electron chi connectivity index (χ1n) is 8.95. The van der Waals surface area contributed by atoms with Crippen LogP contribution in [0.1, 0.15) is 48.8 Å². The highest BCUT2D eigenvalue weighted by Gasteiger charge is 2.29. The van der Waals surface area contributed by atoms with Crippen molar-refractivity contribution < 1.29 is 0 Å². The van der Waals surface area contributed by atoms with E-state index in [1.165, 1.54) is 70.1 Å². The molecule has 2 heteroatoms. The highest BCUT2D eigenvalue weighted by Crippen LogP contribution is 2.27. The van der Waals surface area contributed by atoms with Gasteiger partial charge in [-0.05, 0) is 80.6 Å². The highest BCUT2D eigenvalue weighted by molar-refractivity contribution is 5.35. The van der Waals surface area contributed by atoms with Crippen molar-refractivity contribution in [1.29, 1.82) is 0 Å². The van der Waals surface area contributed by atoms with E-state index in [0.717, 1.165) is 18.5 Å². The summed E-state index contributed by atoms with van der Waals surface area (Å²) in [5.74, 6) is 0.885. The maximum absolute atomic E-state index is 3.72. The van der Waals surface area contributed by atoms with Gasteiger partial charge in [-0.15, -0.1) is 0 Å². The number of benzene rings is 1. The Bertz CT molecular complexity index is 490. The average molecular weight is 284 g/mol. The van der Waals surface area contributed by atoms with Gasteiger partial charge in [0.25, 0.3) is 0 Å². The molecule has 21 heavy (non-hydrogen) atoms. The van der Waals surface area contributed by atoms with Crippen LogP contribution < -0.4 is 5.32 Å². The molecule has 1 N–H and O–H groups in total. The molecule has 1 aromatic rings. The zero-order valence-electron chi connectivity index (χ0n) is 13.1. The molecule has 0 spiro atoms. The van der Waals surface area contributed by atoms with Crippen LogP contribution in [0.2, 0.25) is 0 Å². The third kappa shape index (κ3) is 3.02. The Kier molecular flexibility index (Phi) is 4.00. The molecule has 2 aliphatic heterocycles. The monoisotopic (exact) mass is 284 g/mol. The summed E-state index contributed by atoms with van der Waals surface area (Å²) in [5.41, 5.74) is 4.76. The molecule has 4 rings (SSSR count). The summed E-state index contributed by atoms with van der Waals surface area (Å²) in [6.45, 7) is 5.00. The lowest BCUT2D eigenvalue weighted by atomic mass is 9.89. The van der Waals surface area contributed by atoms with Crippen LogP contribution in [0.25, 0.3) is 0 Å². The minimum absolute atomic E-state index is 0.799. The van der Waals surface area contributed by atoms with Gasteiger partial charge in [0.1, 0.15) is 0 Å². The normalized spacial score (nSPS) is 29.7. The Balaban J connectivity index is 1.39. The van der Waals surface area contributed by atoms with Gasteiger partial charge in [0.15, 0.2) is 0 Å². The zero-order valence-corrected chi connectivity index (χ0v) is 13.1. The molecule has 2 heterocycles. The minimum Gasteiger partial charge on any atom is -0.314 e. The molecule has 0 amide bonds. The van der Waals surface area contributed by atoms with Crippen molar-refractivity contribution in [1.82, 2.24) is 10.2 Å². The predicted octanol–water partition coefficient (Wildman–Crippen LogP) is 3.14. The smallest absolute Gasteiger partial charge is 0.0233 e. The lowest BCUT2D eigenvalue weighted by Gasteiger charge is -2.36. The fourth-order valence-corrected chi connectivity index (χ4v) is 4.66. The van der Waals surface area contributed by atoms with Gasteiger partial charge < -0.3 is 5.32 Å². The number of hydrogen-bond donors (Lipinski definition) is 1. The quantitative estimate of drug-likeness (QED) is 0.917. The maximum Gasteiger partial charge on any atom is 0.0233 e.